The van der Waals surface area contributed by atoms with Gasteiger partial charge >= 0.3 is 6.03 Å². The van der Waals surface area contributed by atoms with Crippen molar-refractivity contribution in [3.8, 4) is 0 Å². The lowest BCUT2D eigenvalue weighted by Crippen LogP contribution is -2.52. The maximum Gasteiger partial charge on any atom is 0.328 e. The Labute approximate surface area is 233 Å². The highest BCUT2D eigenvalue weighted by Crippen LogP contribution is 2.58. The van der Waals surface area contributed by atoms with Gasteiger partial charge in [0.15, 0.2) is 0 Å². The summed E-state index contributed by atoms with van der Waals surface area (Å²) in [4.78, 5) is 29.6. The summed E-state index contributed by atoms with van der Waals surface area (Å²) in [6.07, 6.45) is 2.62. The van der Waals surface area contributed by atoms with Crippen molar-refractivity contribution >= 4 is 40.8 Å². The van der Waals surface area contributed by atoms with Gasteiger partial charge in [0.1, 0.15) is 11.2 Å². The van der Waals surface area contributed by atoms with Crippen molar-refractivity contribution < 1.29 is 14.0 Å². The Kier molecular flexibility index (Phi) is 7.50. The highest BCUT2D eigenvalue weighted by molar-refractivity contribution is 6.32. The normalized spacial score (nSPS) is 25.7. The molecule has 3 atom stereocenters. The summed E-state index contributed by atoms with van der Waals surface area (Å²) in [7, 11) is 0. The van der Waals surface area contributed by atoms with Gasteiger partial charge in [-0.05, 0) is 73.4 Å². The lowest BCUT2D eigenvalue weighted by atomic mass is 9.63. The summed E-state index contributed by atoms with van der Waals surface area (Å²) in [5.74, 6) is -0.762. The SMILES string of the molecule is CC(C)(C)C[C@@H]1CN[C@H](c2cccc(Cl)c2F)[C@@]12C(=O)N(C(=O)NCC1CCNCC1)c1cc(Cl)ccc12. The molecular formula is C29H35Cl2FN4O2. The molecule has 3 aliphatic heterocycles. The van der Waals surface area contributed by atoms with Gasteiger partial charge in [0.05, 0.1) is 16.8 Å². The Bertz CT molecular complexity index is 1240. The molecule has 2 aromatic carbocycles. The molecule has 9 heteroatoms. The number of carbonyl (C=O) groups is 2. The zero-order valence-corrected chi connectivity index (χ0v) is 23.6. The van der Waals surface area contributed by atoms with E-state index in [0.29, 0.717) is 47.3 Å². The average molecular weight is 562 g/mol. The molecule has 3 heterocycles. The third kappa shape index (κ3) is 4.72. The molecule has 0 unspecified atom stereocenters. The van der Waals surface area contributed by atoms with Gasteiger partial charge in [0.25, 0.3) is 0 Å². The van der Waals surface area contributed by atoms with Gasteiger partial charge in [-0.1, -0.05) is 62.2 Å². The van der Waals surface area contributed by atoms with Crippen LogP contribution in [0.1, 0.15) is 57.2 Å². The minimum Gasteiger partial charge on any atom is -0.337 e. The largest absolute Gasteiger partial charge is 0.337 e. The highest BCUT2D eigenvalue weighted by atomic mass is 35.5. The summed E-state index contributed by atoms with van der Waals surface area (Å²) in [6.45, 7) is 9.18. The van der Waals surface area contributed by atoms with Crippen molar-refractivity contribution in [3.63, 3.8) is 0 Å². The number of imide groups is 1. The van der Waals surface area contributed by atoms with E-state index < -0.39 is 23.3 Å². The van der Waals surface area contributed by atoms with Gasteiger partial charge < -0.3 is 16.0 Å². The third-order valence-electron chi connectivity index (χ3n) is 8.23. The minimum atomic E-state index is -1.20. The lowest BCUT2D eigenvalue weighted by Gasteiger charge is -2.38. The van der Waals surface area contributed by atoms with Crippen LogP contribution in [0.25, 0.3) is 0 Å². The van der Waals surface area contributed by atoms with E-state index in [1.54, 1.807) is 24.3 Å². The predicted molar refractivity (Wildman–Crippen MR) is 149 cm³/mol. The number of hydrogen-bond acceptors (Lipinski definition) is 4. The van der Waals surface area contributed by atoms with E-state index in [1.807, 2.05) is 6.07 Å². The smallest absolute Gasteiger partial charge is 0.328 e. The number of anilines is 1. The summed E-state index contributed by atoms with van der Waals surface area (Å²) in [6, 6.07) is 8.92. The van der Waals surface area contributed by atoms with Crippen LogP contribution in [0.4, 0.5) is 14.9 Å². The zero-order valence-electron chi connectivity index (χ0n) is 22.0. The molecule has 3 aliphatic rings. The van der Waals surface area contributed by atoms with Gasteiger partial charge in [0, 0.05) is 23.7 Å². The van der Waals surface area contributed by atoms with Crippen LogP contribution in [0, 0.1) is 23.1 Å². The fraction of sp³-hybridized carbons (Fsp3) is 0.517. The van der Waals surface area contributed by atoms with E-state index in [9.17, 15) is 9.59 Å². The molecule has 0 aliphatic carbocycles. The Morgan fingerprint density at radius 1 is 1.18 bits per heavy atom. The molecule has 204 valence electrons. The number of fused-ring (bicyclic) bond motifs is 2. The molecule has 38 heavy (non-hydrogen) atoms. The van der Waals surface area contributed by atoms with E-state index in [4.69, 9.17) is 23.2 Å². The number of halogens is 3. The molecular weight excluding hydrogens is 526 g/mol. The van der Waals surface area contributed by atoms with Crippen LogP contribution in [0.3, 0.4) is 0 Å². The molecule has 0 bridgehead atoms. The van der Waals surface area contributed by atoms with Crippen LogP contribution >= 0.6 is 23.2 Å². The van der Waals surface area contributed by atoms with Crippen molar-refractivity contribution in [2.45, 2.75) is 51.5 Å². The van der Waals surface area contributed by atoms with Crippen LogP contribution < -0.4 is 20.9 Å². The number of amides is 3. The van der Waals surface area contributed by atoms with E-state index in [2.05, 4.69) is 36.7 Å². The number of benzene rings is 2. The second-order valence-electron chi connectivity index (χ2n) is 12.0. The molecule has 0 radical (unpaired) electrons. The van der Waals surface area contributed by atoms with Gasteiger partial charge in [-0.25, -0.2) is 14.1 Å². The molecule has 6 nitrogen and oxygen atoms in total. The lowest BCUT2D eigenvalue weighted by molar-refractivity contribution is -0.124. The van der Waals surface area contributed by atoms with Crippen molar-refractivity contribution in [2.75, 3.05) is 31.1 Å². The maximum absolute atomic E-state index is 15.5. The topological polar surface area (TPSA) is 73.5 Å². The van der Waals surface area contributed by atoms with E-state index >= 15 is 4.39 Å². The standard InChI is InChI=1S/C29H35Cl2FN4O2/c1-28(2,3)14-18-16-34-25(20-5-4-6-22(31)24(20)32)29(18)21-8-7-19(30)13-23(21)36(26(29)37)27(38)35-15-17-9-11-33-12-10-17/h4-8,13,17-18,25,33-34H,9-12,14-16H2,1-3H3,(H,35,38)/t18-,25-,29-/m1/s1. The van der Waals surface area contributed by atoms with Crippen molar-refractivity contribution in [1.29, 1.82) is 0 Å². The van der Waals surface area contributed by atoms with E-state index in [1.165, 1.54) is 11.0 Å². The first-order chi connectivity index (χ1) is 18.0. The Morgan fingerprint density at radius 2 is 1.92 bits per heavy atom. The number of nitrogens with one attached hydrogen (secondary N) is 3. The Balaban J connectivity index is 1.61. The van der Waals surface area contributed by atoms with E-state index in [0.717, 1.165) is 25.9 Å². The van der Waals surface area contributed by atoms with Crippen LogP contribution in [-0.4, -0.2) is 38.1 Å². The van der Waals surface area contributed by atoms with Gasteiger partial charge in [0.2, 0.25) is 5.91 Å². The number of hydrogen-bond donors (Lipinski definition) is 3. The first-order valence-corrected chi connectivity index (χ1v) is 14.1. The second kappa shape index (κ2) is 10.4. The Morgan fingerprint density at radius 3 is 2.63 bits per heavy atom. The quantitative estimate of drug-likeness (QED) is 0.440. The van der Waals surface area contributed by atoms with E-state index in [-0.39, 0.29) is 22.3 Å². The van der Waals surface area contributed by atoms with Crippen LogP contribution in [-0.2, 0) is 10.2 Å². The fourth-order valence-corrected chi connectivity index (χ4v) is 6.96. The van der Waals surface area contributed by atoms with Crippen LogP contribution in [0.15, 0.2) is 36.4 Å². The number of rotatable bonds is 4. The first kappa shape index (κ1) is 27.4. The molecule has 2 fully saturated rings. The summed E-state index contributed by atoms with van der Waals surface area (Å²) >= 11 is 12.6. The van der Waals surface area contributed by atoms with Crippen molar-refractivity contribution in [2.24, 2.45) is 17.3 Å². The third-order valence-corrected chi connectivity index (χ3v) is 8.75. The van der Waals surface area contributed by atoms with Gasteiger partial charge in [-0.3, -0.25) is 4.79 Å². The Hall–Kier alpha value is -2.19. The van der Waals surface area contributed by atoms with Crippen molar-refractivity contribution in [1.82, 2.24) is 16.0 Å². The monoisotopic (exact) mass is 560 g/mol. The summed E-state index contributed by atoms with van der Waals surface area (Å²) < 4.78 is 15.5. The van der Waals surface area contributed by atoms with Crippen LogP contribution in [0.2, 0.25) is 10.0 Å². The summed E-state index contributed by atoms with van der Waals surface area (Å²) in [5, 5.41) is 10.2. The maximum atomic E-state index is 15.5. The van der Waals surface area contributed by atoms with Crippen molar-refractivity contribution in [3.05, 3.63) is 63.4 Å². The molecule has 2 aromatic rings. The fourth-order valence-electron chi connectivity index (χ4n) is 6.61. The number of piperidine rings is 1. The van der Waals surface area contributed by atoms with Gasteiger partial charge in [-0.15, -0.1) is 0 Å². The first-order valence-electron chi connectivity index (χ1n) is 13.3. The summed E-state index contributed by atoms with van der Waals surface area (Å²) in [5.41, 5.74) is 0.150. The minimum absolute atomic E-state index is 0.00271. The second-order valence-corrected chi connectivity index (χ2v) is 12.8. The highest BCUT2D eigenvalue weighted by Gasteiger charge is 2.65. The molecule has 5 rings (SSSR count). The molecule has 1 spiro atoms. The predicted octanol–water partition coefficient (Wildman–Crippen LogP) is 5.82. The number of carbonyl (C=O) groups excluding carboxylic acids is 2. The molecule has 2 saturated heterocycles. The molecule has 0 saturated carbocycles. The number of nitrogens with zero attached hydrogens (tertiary/aromatic N) is 1. The average Bonchev–Trinajstić information content (AvgIpc) is 3.34. The zero-order chi connectivity index (χ0) is 27.2. The van der Waals surface area contributed by atoms with Crippen LogP contribution in [0.5, 0.6) is 0 Å². The van der Waals surface area contributed by atoms with Gasteiger partial charge in [-0.2, -0.15) is 0 Å². The molecule has 3 N–H and O–H groups in total. The number of urea groups is 1. The molecule has 3 amide bonds. The molecule has 0 aromatic heterocycles.